The van der Waals surface area contributed by atoms with E-state index in [1.807, 2.05) is 0 Å². The molecular formula is C14H14BrClN4O. The Balaban J connectivity index is 2.15. The van der Waals surface area contributed by atoms with Crippen LogP contribution in [0.4, 0.5) is 11.6 Å². The van der Waals surface area contributed by atoms with Crippen LogP contribution in [0.25, 0.3) is 0 Å². The maximum absolute atomic E-state index is 12.2. The molecule has 2 heterocycles. The Morgan fingerprint density at radius 1 is 1.29 bits per heavy atom. The number of hydrogen-bond donors (Lipinski definition) is 2. The molecule has 1 amide bonds. The fourth-order valence-corrected chi connectivity index (χ4v) is 2.02. The summed E-state index contributed by atoms with van der Waals surface area (Å²) in [5, 5.41) is 6.11. The number of hydrogen-bond acceptors (Lipinski definition) is 4. The molecule has 5 nitrogen and oxygen atoms in total. The van der Waals surface area contributed by atoms with Crippen molar-refractivity contribution >= 4 is 45.1 Å². The number of nitrogens with one attached hydrogen (secondary N) is 2. The van der Waals surface area contributed by atoms with E-state index in [9.17, 15) is 4.79 Å². The lowest BCUT2D eigenvalue weighted by Gasteiger charge is -2.09. The Morgan fingerprint density at radius 3 is 2.71 bits per heavy atom. The molecule has 0 saturated carbocycles. The molecule has 0 spiro atoms. The molecule has 110 valence electrons. The number of anilines is 2. The molecule has 0 aromatic carbocycles. The van der Waals surface area contributed by atoms with Gasteiger partial charge in [-0.1, -0.05) is 18.5 Å². The van der Waals surface area contributed by atoms with Crippen LogP contribution in [-0.2, 0) is 0 Å². The number of aromatic nitrogens is 2. The lowest BCUT2D eigenvalue weighted by molar-refractivity contribution is 0.102. The summed E-state index contributed by atoms with van der Waals surface area (Å²) in [5.41, 5.74) is 0.356. The molecule has 2 aromatic heterocycles. The maximum Gasteiger partial charge on any atom is 0.258 e. The van der Waals surface area contributed by atoms with Gasteiger partial charge in [-0.2, -0.15) is 0 Å². The molecule has 2 aromatic rings. The average molecular weight is 370 g/mol. The molecule has 0 aliphatic rings. The number of amides is 1. The van der Waals surface area contributed by atoms with E-state index in [2.05, 4.69) is 43.5 Å². The van der Waals surface area contributed by atoms with Crippen LogP contribution in [0.3, 0.4) is 0 Å². The molecule has 0 bridgehead atoms. The SMILES string of the molecule is CCCNc1cc(C(=O)Nc2ccc(Br)cn2)c(Cl)cn1. The van der Waals surface area contributed by atoms with Crippen molar-refractivity contribution in [2.45, 2.75) is 13.3 Å². The predicted molar refractivity (Wildman–Crippen MR) is 87.9 cm³/mol. The lowest BCUT2D eigenvalue weighted by Crippen LogP contribution is -2.14. The van der Waals surface area contributed by atoms with Gasteiger partial charge in [0.15, 0.2) is 0 Å². The van der Waals surface area contributed by atoms with Gasteiger partial charge in [-0.15, -0.1) is 0 Å². The van der Waals surface area contributed by atoms with Gasteiger partial charge in [0.05, 0.1) is 10.6 Å². The van der Waals surface area contributed by atoms with Gasteiger partial charge in [-0.3, -0.25) is 4.79 Å². The largest absolute Gasteiger partial charge is 0.370 e. The standard InChI is InChI=1S/C14H14BrClN4O/c1-2-5-17-13-6-10(11(16)8-19-13)14(21)20-12-4-3-9(15)7-18-12/h3-4,6-8H,2,5H2,1H3,(H,17,19)(H,18,20,21). The third-order valence-electron chi connectivity index (χ3n) is 2.63. The minimum Gasteiger partial charge on any atom is -0.370 e. The summed E-state index contributed by atoms with van der Waals surface area (Å²) >= 11 is 9.33. The summed E-state index contributed by atoms with van der Waals surface area (Å²) in [4.78, 5) is 20.5. The lowest BCUT2D eigenvalue weighted by atomic mass is 10.2. The Morgan fingerprint density at radius 2 is 2.05 bits per heavy atom. The summed E-state index contributed by atoms with van der Waals surface area (Å²) in [6.45, 7) is 2.83. The van der Waals surface area contributed by atoms with Gasteiger partial charge in [-0.05, 0) is 40.5 Å². The van der Waals surface area contributed by atoms with Gasteiger partial charge in [0.25, 0.3) is 5.91 Å². The second-order valence-corrected chi connectivity index (χ2v) is 5.61. The number of rotatable bonds is 5. The number of carbonyl (C=O) groups excluding carboxylic acids is 1. The van der Waals surface area contributed by atoms with Crippen molar-refractivity contribution in [3.63, 3.8) is 0 Å². The molecule has 2 N–H and O–H groups in total. The van der Waals surface area contributed by atoms with E-state index in [1.54, 1.807) is 24.4 Å². The molecule has 0 atom stereocenters. The third-order valence-corrected chi connectivity index (χ3v) is 3.40. The smallest absolute Gasteiger partial charge is 0.258 e. The van der Waals surface area contributed by atoms with E-state index in [4.69, 9.17) is 11.6 Å². The maximum atomic E-state index is 12.2. The van der Waals surface area contributed by atoms with Crippen LogP contribution >= 0.6 is 27.5 Å². The number of carbonyl (C=O) groups is 1. The first-order chi connectivity index (χ1) is 10.1. The Hall–Kier alpha value is -1.66. The zero-order valence-electron chi connectivity index (χ0n) is 11.4. The van der Waals surface area contributed by atoms with Crippen LogP contribution in [0.15, 0.2) is 35.1 Å². The second kappa shape index (κ2) is 7.38. The molecule has 21 heavy (non-hydrogen) atoms. The van der Waals surface area contributed by atoms with Crippen LogP contribution in [0.2, 0.25) is 5.02 Å². The Labute approximate surface area is 136 Å². The van der Waals surface area contributed by atoms with E-state index in [-0.39, 0.29) is 5.91 Å². The van der Waals surface area contributed by atoms with Crippen molar-refractivity contribution in [2.24, 2.45) is 0 Å². The van der Waals surface area contributed by atoms with Gasteiger partial charge < -0.3 is 10.6 Å². The van der Waals surface area contributed by atoms with Gasteiger partial charge in [0.1, 0.15) is 11.6 Å². The highest BCUT2D eigenvalue weighted by Gasteiger charge is 2.13. The Bertz CT molecular complexity index is 633. The molecule has 0 aliphatic heterocycles. The highest BCUT2D eigenvalue weighted by molar-refractivity contribution is 9.10. The summed E-state index contributed by atoms with van der Waals surface area (Å²) in [5.74, 6) is 0.756. The average Bonchev–Trinajstić information content (AvgIpc) is 2.48. The van der Waals surface area contributed by atoms with Crippen molar-refractivity contribution in [3.05, 3.63) is 45.7 Å². The van der Waals surface area contributed by atoms with Crippen LogP contribution < -0.4 is 10.6 Å². The molecule has 0 aliphatic carbocycles. The van der Waals surface area contributed by atoms with E-state index < -0.39 is 0 Å². The topological polar surface area (TPSA) is 66.9 Å². The van der Waals surface area contributed by atoms with Gasteiger partial charge in [0, 0.05) is 23.4 Å². The van der Waals surface area contributed by atoms with Crippen LogP contribution in [0.5, 0.6) is 0 Å². The van der Waals surface area contributed by atoms with E-state index in [0.29, 0.717) is 22.2 Å². The van der Waals surface area contributed by atoms with Gasteiger partial charge >= 0.3 is 0 Å². The van der Waals surface area contributed by atoms with Crippen molar-refractivity contribution < 1.29 is 4.79 Å². The van der Waals surface area contributed by atoms with Crippen LogP contribution in [0, 0.1) is 0 Å². The number of pyridine rings is 2. The fourth-order valence-electron chi connectivity index (χ4n) is 1.60. The number of nitrogens with zero attached hydrogens (tertiary/aromatic N) is 2. The van der Waals surface area contributed by atoms with Crippen molar-refractivity contribution in [1.82, 2.24) is 9.97 Å². The fraction of sp³-hybridized carbons (Fsp3) is 0.214. The van der Waals surface area contributed by atoms with E-state index >= 15 is 0 Å². The summed E-state index contributed by atoms with van der Waals surface area (Å²) in [6, 6.07) is 5.13. The quantitative estimate of drug-likeness (QED) is 0.837. The van der Waals surface area contributed by atoms with Crippen molar-refractivity contribution in [1.29, 1.82) is 0 Å². The molecule has 7 heteroatoms. The second-order valence-electron chi connectivity index (χ2n) is 4.29. The molecule has 0 saturated heterocycles. The molecule has 2 rings (SSSR count). The minimum atomic E-state index is -0.322. The first kappa shape index (κ1) is 15.7. The zero-order valence-corrected chi connectivity index (χ0v) is 13.7. The van der Waals surface area contributed by atoms with E-state index in [0.717, 1.165) is 17.4 Å². The predicted octanol–water partition coefficient (Wildman–Crippen LogP) is 3.97. The van der Waals surface area contributed by atoms with Crippen LogP contribution in [-0.4, -0.2) is 22.4 Å². The first-order valence-corrected chi connectivity index (χ1v) is 7.59. The molecule has 0 unspecified atom stereocenters. The van der Waals surface area contributed by atoms with Crippen molar-refractivity contribution in [2.75, 3.05) is 17.2 Å². The molecule has 0 fully saturated rings. The minimum absolute atomic E-state index is 0.298. The first-order valence-electron chi connectivity index (χ1n) is 6.42. The summed E-state index contributed by atoms with van der Waals surface area (Å²) in [7, 11) is 0. The Kier molecular flexibility index (Phi) is 5.52. The van der Waals surface area contributed by atoms with Crippen LogP contribution in [0.1, 0.15) is 23.7 Å². The van der Waals surface area contributed by atoms with E-state index in [1.165, 1.54) is 6.20 Å². The highest BCUT2D eigenvalue weighted by Crippen LogP contribution is 2.19. The highest BCUT2D eigenvalue weighted by atomic mass is 79.9. The summed E-state index contributed by atoms with van der Waals surface area (Å²) in [6.07, 6.45) is 4.04. The molecular weight excluding hydrogens is 356 g/mol. The monoisotopic (exact) mass is 368 g/mol. The van der Waals surface area contributed by atoms with Gasteiger partial charge in [0.2, 0.25) is 0 Å². The third kappa shape index (κ3) is 4.41. The summed E-state index contributed by atoms with van der Waals surface area (Å²) < 4.78 is 0.841. The zero-order chi connectivity index (χ0) is 15.2. The van der Waals surface area contributed by atoms with Crippen molar-refractivity contribution in [3.8, 4) is 0 Å². The number of halogens is 2. The van der Waals surface area contributed by atoms with Gasteiger partial charge in [-0.25, -0.2) is 9.97 Å². The molecule has 0 radical (unpaired) electrons. The normalized spacial score (nSPS) is 10.2.